The summed E-state index contributed by atoms with van der Waals surface area (Å²) >= 11 is 1.64. The average Bonchev–Trinajstić information content (AvgIpc) is 2.95. The van der Waals surface area contributed by atoms with Crippen LogP contribution in [0.1, 0.15) is 43.4 Å². The molecular weight excluding hydrogens is 336 g/mol. The first-order valence-corrected chi connectivity index (χ1v) is 9.75. The van der Waals surface area contributed by atoms with E-state index in [0.717, 1.165) is 49.6 Å². The molecule has 1 saturated heterocycles. The second kappa shape index (κ2) is 6.49. The van der Waals surface area contributed by atoms with Crippen LogP contribution in [0.5, 0.6) is 0 Å². The molecule has 4 heterocycles. The third kappa shape index (κ3) is 2.97. The number of nitrogens with two attached hydrogens (primary N) is 2. The molecule has 3 aliphatic heterocycles. The Bertz CT molecular complexity index is 741. The molecule has 7 nitrogen and oxygen atoms in total. The Hall–Kier alpha value is -1.80. The third-order valence-electron chi connectivity index (χ3n) is 5.03. The Morgan fingerprint density at radius 2 is 2.08 bits per heavy atom. The van der Waals surface area contributed by atoms with Gasteiger partial charge in [0.15, 0.2) is 0 Å². The van der Waals surface area contributed by atoms with Gasteiger partial charge in [-0.1, -0.05) is 25.1 Å². The lowest BCUT2D eigenvalue weighted by Gasteiger charge is -2.31. The van der Waals surface area contributed by atoms with E-state index in [9.17, 15) is 5.11 Å². The number of anilines is 1. The van der Waals surface area contributed by atoms with Crippen molar-refractivity contribution in [3.8, 4) is 0 Å². The molecule has 0 amide bonds. The Labute approximate surface area is 151 Å². The summed E-state index contributed by atoms with van der Waals surface area (Å²) in [4.78, 5) is 15.9. The number of aryl methyl sites for hydroxylation is 1. The van der Waals surface area contributed by atoms with Crippen LogP contribution in [0.25, 0.3) is 0 Å². The number of aromatic nitrogens is 1. The predicted octanol–water partition coefficient (Wildman–Crippen LogP) is 1.20. The van der Waals surface area contributed by atoms with Crippen molar-refractivity contribution >= 4 is 29.4 Å². The molecule has 0 aromatic carbocycles. The number of piperidine rings is 1. The van der Waals surface area contributed by atoms with E-state index in [4.69, 9.17) is 16.5 Å². The van der Waals surface area contributed by atoms with Crippen LogP contribution in [0.2, 0.25) is 0 Å². The molecule has 5 N–H and O–H groups in total. The number of fused-ring (bicyclic) bond motifs is 3. The normalized spacial score (nSPS) is 26.1. The molecule has 0 spiro atoms. The number of aliphatic hydroxyl groups excluding tert-OH is 1. The van der Waals surface area contributed by atoms with E-state index in [2.05, 4.69) is 27.9 Å². The van der Waals surface area contributed by atoms with Gasteiger partial charge in [-0.05, 0) is 30.9 Å². The number of aliphatic hydroxyl groups is 1. The van der Waals surface area contributed by atoms with Crippen LogP contribution in [-0.2, 0) is 6.42 Å². The summed E-state index contributed by atoms with van der Waals surface area (Å²) in [6, 6.07) is 2.11. The topological polar surface area (TPSA) is 113 Å². The van der Waals surface area contributed by atoms with E-state index in [-0.39, 0.29) is 23.4 Å². The maximum Gasteiger partial charge on any atom is 0.217 e. The summed E-state index contributed by atoms with van der Waals surface area (Å²) in [7, 11) is 0. The fraction of sp³-hybridized carbons (Fsp3) is 0.588. The SMILES string of the molecule is CCCc1cc(N2CCC(O)CC2)nc2c1C1N=C(N)N=C(N)C1S2. The maximum atomic E-state index is 9.76. The van der Waals surface area contributed by atoms with Crippen molar-refractivity contribution in [3.05, 3.63) is 17.2 Å². The number of aliphatic imine (C=N–C) groups is 2. The smallest absolute Gasteiger partial charge is 0.217 e. The summed E-state index contributed by atoms with van der Waals surface area (Å²) in [5.41, 5.74) is 14.4. The minimum absolute atomic E-state index is 0.0103. The molecule has 0 saturated carbocycles. The van der Waals surface area contributed by atoms with Crippen molar-refractivity contribution in [1.82, 2.24) is 4.98 Å². The second-order valence-electron chi connectivity index (χ2n) is 6.83. The number of nitrogens with zero attached hydrogens (tertiary/aromatic N) is 4. The van der Waals surface area contributed by atoms with E-state index >= 15 is 0 Å². The van der Waals surface area contributed by atoms with Crippen LogP contribution < -0.4 is 16.4 Å². The number of rotatable bonds is 3. The van der Waals surface area contributed by atoms with Crippen molar-refractivity contribution in [2.75, 3.05) is 18.0 Å². The Morgan fingerprint density at radius 1 is 1.32 bits per heavy atom. The largest absolute Gasteiger partial charge is 0.393 e. The number of thioether (sulfide) groups is 1. The van der Waals surface area contributed by atoms with E-state index in [1.165, 1.54) is 11.1 Å². The van der Waals surface area contributed by atoms with E-state index in [0.29, 0.717) is 5.84 Å². The van der Waals surface area contributed by atoms with Crippen molar-refractivity contribution in [1.29, 1.82) is 0 Å². The molecule has 2 atom stereocenters. The van der Waals surface area contributed by atoms with Gasteiger partial charge in [0.25, 0.3) is 0 Å². The van der Waals surface area contributed by atoms with E-state index in [1.807, 2.05) is 0 Å². The van der Waals surface area contributed by atoms with Gasteiger partial charge in [0.05, 0.1) is 11.4 Å². The summed E-state index contributed by atoms with van der Waals surface area (Å²) in [6.45, 7) is 3.85. The molecule has 0 bridgehead atoms. The highest BCUT2D eigenvalue weighted by Gasteiger charge is 2.41. The molecule has 2 unspecified atom stereocenters. The lowest BCUT2D eigenvalue weighted by molar-refractivity contribution is 0.145. The van der Waals surface area contributed by atoms with Gasteiger partial charge in [0, 0.05) is 18.7 Å². The van der Waals surface area contributed by atoms with Crippen molar-refractivity contribution in [2.24, 2.45) is 21.5 Å². The van der Waals surface area contributed by atoms with Crippen LogP contribution in [0.15, 0.2) is 21.1 Å². The number of guanidine groups is 1. The fourth-order valence-corrected chi connectivity index (χ4v) is 5.03. The first-order chi connectivity index (χ1) is 12.1. The Balaban J connectivity index is 1.73. The lowest BCUT2D eigenvalue weighted by atomic mass is 9.96. The van der Waals surface area contributed by atoms with E-state index < -0.39 is 0 Å². The van der Waals surface area contributed by atoms with Gasteiger partial charge in [-0.15, -0.1) is 0 Å². The summed E-state index contributed by atoms with van der Waals surface area (Å²) in [6.07, 6.45) is 3.43. The molecule has 0 radical (unpaired) electrons. The quantitative estimate of drug-likeness (QED) is 0.746. The zero-order chi connectivity index (χ0) is 17.6. The van der Waals surface area contributed by atoms with Gasteiger partial charge in [-0.2, -0.15) is 4.99 Å². The highest BCUT2D eigenvalue weighted by atomic mass is 32.2. The first-order valence-electron chi connectivity index (χ1n) is 8.87. The summed E-state index contributed by atoms with van der Waals surface area (Å²) in [5, 5.41) is 10.7. The third-order valence-corrected chi connectivity index (χ3v) is 6.32. The monoisotopic (exact) mass is 360 g/mol. The van der Waals surface area contributed by atoms with Crippen LogP contribution >= 0.6 is 11.8 Å². The molecule has 25 heavy (non-hydrogen) atoms. The van der Waals surface area contributed by atoms with Crippen molar-refractivity contribution in [3.63, 3.8) is 0 Å². The predicted molar refractivity (Wildman–Crippen MR) is 101 cm³/mol. The standard InChI is InChI=1S/C17H24N6OS/c1-2-3-9-8-11(23-6-4-10(24)5-7-23)20-16-12(9)13-14(25-16)15(18)22-17(19)21-13/h8,10,13-14,24H,2-7H2,1H3,(H4,18,19,21,22). The van der Waals surface area contributed by atoms with Crippen LogP contribution in [-0.4, -0.2) is 46.3 Å². The number of hydrogen-bond acceptors (Lipinski definition) is 8. The zero-order valence-electron chi connectivity index (χ0n) is 14.4. The Kier molecular flexibility index (Phi) is 4.33. The molecule has 134 valence electrons. The van der Waals surface area contributed by atoms with Crippen LogP contribution in [0, 0.1) is 0 Å². The highest BCUT2D eigenvalue weighted by Crippen LogP contribution is 2.49. The number of amidine groups is 1. The van der Waals surface area contributed by atoms with Gasteiger partial charge in [0.1, 0.15) is 22.7 Å². The molecule has 4 rings (SSSR count). The maximum absolute atomic E-state index is 9.76. The fourth-order valence-electron chi connectivity index (χ4n) is 3.76. The van der Waals surface area contributed by atoms with Crippen molar-refractivity contribution < 1.29 is 5.11 Å². The molecule has 8 heteroatoms. The molecule has 1 aromatic rings. The second-order valence-corrected chi connectivity index (χ2v) is 7.96. The molecular formula is C17H24N6OS. The average molecular weight is 360 g/mol. The zero-order valence-corrected chi connectivity index (χ0v) is 15.2. The minimum atomic E-state index is -0.189. The molecule has 0 aliphatic carbocycles. The molecule has 3 aliphatic rings. The van der Waals surface area contributed by atoms with Crippen LogP contribution in [0.3, 0.4) is 0 Å². The number of hydrogen-bond donors (Lipinski definition) is 3. The summed E-state index contributed by atoms with van der Waals surface area (Å²) < 4.78 is 0. The molecule has 1 fully saturated rings. The first kappa shape index (κ1) is 16.7. The summed E-state index contributed by atoms with van der Waals surface area (Å²) in [5.74, 6) is 1.78. The van der Waals surface area contributed by atoms with Crippen molar-refractivity contribution in [2.45, 2.75) is 55.0 Å². The lowest BCUT2D eigenvalue weighted by Crippen LogP contribution is -2.36. The number of pyridine rings is 1. The van der Waals surface area contributed by atoms with Gasteiger partial charge >= 0.3 is 0 Å². The molecule has 1 aromatic heterocycles. The van der Waals surface area contributed by atoms with Gasteiger partial charge in [-0.3, -0.25) is 0 Å². The van der Waals surface area contributed by atoms with Gasteiger partial charge in [0.2, 0.25) is 5.96 Å². The van der Waals surface area contributed by atoms with Crippen LogP contribution in [0.4, 0.5) is 5.82 Å². The van der Waals surface area contributed by atoms with Gasteiger partial charge in [-0.25, -0.2) is 9.98 Å². The highest BCUT2D eigenvalue weighted by molar-refractivity contribution is 8.01. The Morgan fingerprint density at radius 3 is 2.80 bits per heavy atom. The van der Waals surface area contributed by atoms with E-state index in [1.54, 1.807) is 11.8 Å². The van der Waals surface area contributed by atoms with Gasteiger partial charge < -0.3 is 21.5 Å². The minimum Gasteiger partial charge on any atom is -0.393 e.